The van der Waals surface area contributed by atoms with E-state index in [0.717, 1.165) is 0 Å². The third-order valence-corrected chi connectivity index (χ3v) is 13.8. The summed E-state index contributed by atoms with van der Waals surface area (Å²) >= 11 is 0. The highest BCUT2D eigenvalue weighted by Gasteiger charge is 2.28. The van der Waals surface area contributed by atoms with E-state index >= 15 is 0 Å². The van der Waals surface area contributed by atoms with Gasteiger partial charge in [-0.05, 0) is 57.8 Å². The molecule has 76 heavy (non-hydrogen) atoms. The van der Waals surface area contributed by atoms with Crippen LogP contribution in [0.2, 0.25) is 0 Å². The van der Waals surface area contributed by atoms with Crippen LogP contribution >= 0.6 is 7.60 Å². The van der Waals surface area contributed by atoms with E-state index in [0.29, 0.717) is 130 Å². The quantitative estimate of drug-likeness (QED) is 0.0339. The minimum Gasteiger partial charge on any atom is -0.396 e. The van der Waals surface area contributed by atoms with Crippen molar-refractivity contribution in [2.24, 2.45) is 11.8 Å². The third-order valence-electron chi connectivity index (χ3n) is 12.0. The van der Waals surface area contributed by atoms with Crippen molar-refractivity contribution in [2.45, 2.75) is 154 Å². The SMILES string of the molecule is COCCOCCCC(=O)CCC(=O)NCCCCC(NC(=O)CCC(=O)CCCOCCOC)C(=O)CC(CCCCNC(=O)CCC(=O)NCCOCCOC)C(=O)NCCCCC(CO)COP(=O)(O)C(C)C. The summed E-state index contributed by atoms with van der Waals surface area (Å²) in [7, 11) is 0.887. The van der Waals surface area contributed by atoms with Crippen molar-refractivity contribution in [3.05, 3.63) is 0 Å². The van der Waals surface area contributed by atoms with Gasteiger partial charge < -0.3 is 69.5 Å². The lowest BCUT2D eigenvalue weighted by Gasteiger charge is -2.22. The molecular formula is C52H96N5O18P. The molecule has 0 aromatic heterocycles. The van der Waals surface area contributed by atoms with Gasteiger partial charge in [0.2, 0.25) is 29.5 Å². The first-order chi connectivity index (χ1) is 36.5. The number of carbonyl (C=O) groups is 8. The van der Waals surface area contributed by atoms with Gasteiger partial charge in [0.25, 0.3) is 0 Å². The molecule has 4 unspecified atom stereocenters. The summed E-state index contributed by atoms with van der Waals surface area (Å²) in [4.78, 5) is 113. The molecule has 23 nitrogen and oxygen atoms in total. The standard InChI is InChI=1S/C52H96N5O18P/c1-41(2)76(67,68)75-40-42(39-58)14-6-9-27-56-52(66)43(15-7-10-25-54-49(63)23-24-50(64)55-28-31-74-37-34-71-5)38-47(61)46(57-51(65)22-20-45(60)17-13-30-73-36-33-70-4)18-8-11-26-53-48(62)21-19-44(59)16-12-29-72-35-32-69-3/h41-43,46,58H,6-40H2,1-5H3,(H,53,62)(H,54,63)(H,55,64)(H,56,66)(H,57,65)(H,67,68). The van der Waals surface area contributed by atoms with Gasteiger partial charge in [0.05, 0.1) is 64.6 Å². The predicted molar refractivity (Wildman–Crippen MR) is 284 cm³/mol. The van der Waals surface area contributed by atoms with Crippen molar-refractivity contribution in [2.75, 3.05) is 120 Å². The zero-order valence-corrected chi connectivity index (χ0v) is 47.3. The Balaban J connectivity index is 5.72. The number of ketones is 3. The lowest BCUT2D eigenvalue weighted by Crippen LogP contribution is -2.43. The zero-order valence-electron chi connectivity index (χ0n) is 46.4. The summed E-state index contributed by atoms with van der Waals surface area (Å²) < 4.78 is 48.4. The van der Waals surface area contributed by atoms with Crippen LogP contribution in [0.1, 0.15) is 142 Å². The largest absolute Gasteiger partial charge is 0.396 e. The lowest BCUT2D eigenvalue weighted by molar-refractivity contribution is -0.132. The number of rotatable bonds is 54. The Morgan fingerprint density at radius 3 is 1.43 bits per heavy atom. The summed E-state index contributed by atoms with van der Waals surface area (Å²) in [5, 5.41) is 23.8. The Kier molecular flexibility index (Phi) is 46.0. The summed E-state index contributed by atoms with van der Waals surface area (Å²) in [6.45, 7) is 7.59. The minimum absolute atomic E-state index is 0.00485. The molecule has 0 rings (SSSR count). The van der Waals surface area contributed by atoms with Crippen molar-refractivity contribution in [3.63, 3.8) is 0 Å². The van der Waals surface area contributed by atoms with Crippen LogP contribution in [0, 0.1) is 11.8 Å². The molecule has 0 aliphatic carbocycles. The number of hydrogen-bond donors (Lipinski definition) is 7. The molecule has 4 atom stereocenters. The summed E-state index contributed by atoms with van der Waals surface area (Å²) in [5.74, 6) is -3.53. The molecule has 0 bridgehead atoms. The van der Waals surface area contributed by atoms with Crippen LogP contribution in [0.4, 0.5) is 0 Å². The Hall–Kier alpha value is -3.77. The van der Waals surface area contributed by atoms with Crippen molar-refractivity contribution >= 4 is 54.5 Å². The van der Waals surface area contributed by atoms with E-state index in [1.54, 1.807) is 35.2 Å². The van der Waals surface area contributed by atoms with Gasteiger partial charge in [-0.25, -0.2) is 0 Å². The van der Waals surface area contributed by atoms with E-state index in [1.807, 2.05) is 0 Å². The highest BCUT2D eigenvalue weighted by atomic mass is 31.2. The number of methoxy groups -OCH3 is 3. The number of ether oxygens (including phenoxy) is 6. The highest BCUT2D eigenvalue weighted by Crippen LogP contribution is 2.47. The number of aliphatic hydroxyl groups excluding tert-OH is 1. The molecule has 24 heteroatoms. The van der Waals surface area contributed by atoms with Crippen molar-refractivity contribution in [1.82, 2.24) is 26.6 Å². The third kappa shape index (κ3) is 42.3. The molecule has 442 valence electrons. The fraction of sp³-hybridized carbons (Fsp3) is 0.846. The molecule has 0 aliphatic rings. The van der Waals surface area contributed by atoms with E-state index in [-0.39, 0.29) is 144 Å². The average Bonchev–Trinajstić information content (AvgIpc) is 3.39. The maximum absolute atomic E-state index is 14.2. The van der Waals surface area contributed by atoms with Gasteiger partial charge in [0, 0.05) is 137 Å². The molecule has 0 radical (unpaired) electrons. The highest BCUT2D eigenvalue weighted by molar-refractivity contribution is 7.53. The van der Waals surface area contributed by atoms with Gasteiger partial charge in [0.1, 0.15) is 11.6 Å². The van der Waals surface area contributed by atoms with E-state index < -0.39 is 31.1 Å². The molecule has 0 saturated carbocycles. The second-order valence-electron chi connectivity index (χ2n) is 18.9. The lowest BCUT2D eigenvalue weighted by atomic mass is 9.91. The summed E-state index contributed by atoms with van der Waals surface area (Å²) in [5.41, 5.74) is -0.591. The molecule has 5 amide bonds. The van der Waals surface area contributed by atoms with Crippen LogP contribution in [0.5, 0.6) is 0 Å². The van der Waals surface area contributed by atoms with Crippen LogP contribution in [0.3, 0.4) is 0 Å². The number of hydrogen-bond acceptors (Lipinski definition) is 17. The van der Waals surface area contributed by atoms with E-state index in [2.05, 4.69) is 26.6 Å². The van der Waals surface area contributed by atoms with Gasteiger partial charge in [-0.2, -0.15) is 0 Å². The van der Waals surface area contributed by atoms with Crippen LogP contribution in [0.25, 0.3) is 0 Å². The maximum atomic E-state index is 14.2. The Morgan fingerprint density at radius 1 is 0.487 bits per heavy atom. The normalized spacial score (nSPS) is 13.3. The van der Waals surface area contributed by atoms with Gasteiger partial charge in [-0.3, -0.25) is 42.9 Å². The topological polar surface area (TPSA) is 319 Å². The number of carbonyl (C=O) groups excluding carboxylic acids is 8. The number of Topliss-reactive ketones (excluding diaryl/α,β-unsaturated/α-hetero) is 3. The van der Waals surface area contributed by atoms with Crippen LogP contribution in [-0.2, 0) is 75.9 Å². The second-order valence-corrected chi connectivity index (χ2v) is 21.3. The molecule has 0 spiro atoms. The molecule has 0 aromatic carbocycles. The number of amides is 5. The maximum Gasteiger partial charge on any atom is 0.330 e. The summed E-state index contributed by atoms with van der Waals surface area (Å²) in [6.07, 6.45) is 5.04. The second kappa shape index (κ2) is 48.4. The Bertz CT molecular complexity index is 1660. The first kappa shape index (κ1) is 72.2. The van der Waals surface area contributed by atoms with Crippen molar-refractivity contribution < 1.29 is 85.9 Å². The van der Waals surface area contributed by atoms with Gasteiger partial charge in [0.15, 0.2) is 5.78 Å². The smallest absolute Gasteiger partial charge is 0.330 e. The molecule has 0 saturated heterocycles. The van der Waals surface area contributed by atoms with Gasteiger partial charge in [-0.15, -0.1) is 0 Å². The first-order valence-corrected chi connectivity index (χ1v) is 28.8. The number of nitrogens with one attached hydrogen (secondary N) is 5. The first-order valence-electron chi connectivity index (χ1n) is 27.2. The van der Waals surface area contributed by atoms with Gasteiger partial charge >= 0.3 is 7.60 Å². The summed E-state index contributed by atoms with van der Waals surface area (Å²) in [6, 6.07) is -0.999. The van der Waals surface area contributed by atoms with E-state index in [4.69, 9.17) is 32.9 Å². The molecule has 0 fully saturated rings. The van der Waals surface area contributed by atoms with Crippen LogP contribution in [-0.4, -0.2) is 189 Å². The minimum atomic E-state index is -3.81. The van der Waals surface area contributed by atoms with E-state index in [1.165, 1.54) is 0 Å². The Labute approximate surface area is 451 Å². The fourth-order valence-electron chi connectivity index (χ4n) is 7.22. The number of aliphatic hydroxyl groups is 1. The molecule has 0 heterocycles. The van der Waals surface area contributed by atoms with Crippen LogP contribution < -0.4 is 26.6 Å². The number of unbranched alkanes of at least 4 members (excludes halogenated alkanes) is 3. The molecular weight excluding hydrogens is 1010 g/mol. The van der Waals surface area contributed by atoms with Crippen molar-refractivity contribution in [3.8, 4) is 0 Å². The molecule has 0 aromatic rings. The van der Waals surface area contributed by atoms with Gasteiger partial charge in [-0.1, -0.05) is 26.7 Å². The molecule has 7 N–H and O–H groups in total. The average molecular weight is 1110 g/mol. The fourth-order valence-corrected chi connectivity index (χ4v) is 7.95. The zero-order chi connectivity index (χ0) is 56.7. The Morgan fingerprint density at radius 2 is 0.934 bits per heavy atom. The monoisotopic (exact) mass is 1110 g/mol. The molecule has 0 aliphatic heterocycles. The predicted octanol–water partition coefficient (Wildman–Crippen LogP) is 3.27. The van der Waals surface area contributed by atoms with E-state index in [9.17, 15) is 52.9 Å². The van der Waals surface area contributed by atoms with Crippen molar-refractivity contribution in [1.29, 1.82) is 0 Å². The van der Waals surface area contributed by atoms with Crippen LogP contribution in [0.15, 0.2) is 0 Å².